The summed E-state index contributed by atoms with van der Waals surface area (Å²) in [6.07, 6.45) is -0.720. The van der Waals surface area contributed by atoms with E-state index in [4.69, 9.17) is 18.9 Å². The molecule has 8 N–H and O–H groups in total. The van der Waals surface area contributed by atoms with Gasteiger partial charge in [0.1, 0.15) is 42.2 Å². The number of benzene rings is 4. The predicted octanol–water partition coefficient (Wildman–Crippen LogP) is 5.28. The molecule has 4 aromatic rings. The Balaban J connectivity index is 0.880. The number of ketones is 4. The van der Waals surface area contributed by atoms with Crippen molar-refractivity contribution in [3.05, 3.63) is 129 Å². The molecule has 8 atom stereocenters. The number of methoxy groups -OCH3 is 1. The molecule has 0 bridgehead atoms. The number of carbonyl (C=O) groups excluding carboxylic acids is 9. The molecule has 446 valence electrons. The number of carbonyl (C=O) groups is 9. The minimum absolute atomic E-state index is 0.0305. The van der Waals surface area contributed by atoms with E-state index >= 15 is 0 Å². The summed E-state index contributed by atoms with van der Waals surface area (Å²) in [5.74, 6) is -6.77. The van der Waals surface area contributed by atoms with Gasteiger partial charge in [0, 0.05) is 79.1 Å². The summed E-state index contributed by atoms with van der Waals surface area (Å²) in [5, 5.41) is 64.8. The van der Waals surface area contributed by atoms with E-state index < -0.39 is 114 Å². The number of nitrogens with one attached hydrogen (secondary N) is 3. The third kappa shape index (κ3) is 14.1. The van der Waals surface area contributed by atoms with Crippen molar-refractivity contribution in [2.75, 3.05) is 25.6 Å². The van der Waals surface area contributed by atoms with Gasteiger partial charge in [0.05, 0.1) is 48.1 Å². The lowest BCUT2D eigenvalue weighted by Gasteiger charge is -2.42. The van der Waals surface area contributed by atoms with Gasteiger partial charge in [-0.3, -0.25) is 43.3 Å². The molecule has 2 aliphatic carbocycles. The summed E-state index contributed by atoms with van der Waals surface area (Å²) in [6, 6.07) is 18.0. The molecule has 2 aliphatic heterocycles. The molecule has 1 fully saturated rings. The van der Waals surface area contributed by atoms with Gasteiger partial charge in [0.25, 0.3) is 11.8 Å². The molecule has 0 spiro atoms. The highest BCUT2D eigenvalue weighted by molar-refractivity contribution is 6.31. The lowest BCUT2D eigenvalue weighted by atomic mass is 9.72. The van der Waals surface area contributed by atoms with Gasteiger partial charge in [-0.1, -0.05) is 87.2 Å². The van der Waals surface area contributed by atoms with Crippen molar-refractivity contribution in [1.29, 1.82) is 0 Å². The summed E-state index contributed by atoms with van der Waals surface area (Å²) >= 11 is 0. The number of phenolic OH excluding ortho intramolecular Hbond substituents is 2. The Kier molecular flexibility index (Phi) is 20.3. The number of phenols is 2. The number of hydrogen-bond donors (Lipinski definition) is 8. The van der Waals surface area contributed by atoms with E-state index in [0.717, 1.165) is 23.3 Å². The lowest BCUT2D eigenvalue weighted by Crippen LogP contribution is -2.56. The van der Waals surface area contributed by atoms with Gasteiger partial charge < -0.3 is 60.4 Å². The molecule has 0 aromatic heterocycles. The van der Waals surface area contributed by atoms with Crippen molar-refractivity contribution < 1.29 is 87.6 Å². The second-order valence-corrected chi connectivity index (χ2v) is 21.7. The maximum Gasteiger partial charge on any atom is 0.407 e. The zero-order valence-electron chi connectivity index (χ0n) is 46.9. The largest absolute Gasteiger partial charge is 0.507 e. The van der Waals surface area contributed by atoms with Crippen molar-refractivity contribution in [2.45, 2.75) is 146 Å². The van der Waals surface area contributed by atoms with Crippen LogP contribution in [0.25, 0.3) is 0 Å². The van der Waals surface area contributed by atoms with Crippen molar-refractivity contribution in [1.82, 2.24) is 15.5 Å². The van der Waals surface area contributed by atoms with Crippen LogP contribution >= 0.6 is 0 Å². The molecular weight excluding hydrogens is 1090 g/mol. The molecule has 4 aliphatic rings. The van der Waals surface area contributed by atoms with Gasteiger partial charge >= 0.3 is 6.09 Å². The van der Waals surface area contributed by atoms with Crippen molar-refractivity contribution in [3.63, 3.8) is 0 Å². The average Bonchev–Trinajstić information content (AvgIpc) is 3.56. The number of unbranched alkanes of at least 4 members (excludes halogenated alkanes) is 4. The molecular formula is C62H70N4O18. The van der Waals surface area contributed by atoms with Crippen molar-refractivity contribution >= 4 is 58.5 Å². The first-order valence-corrected chi connectivity index (χ1v) is 28.2. The maximum absolute atomic E-state index is 14.1. The number of fused-ring (bicyclic) bond motifs is 3. The van der Waals surface area contributed by atoms with Crippen LogP contribution in [-0.2, 0) is 62.4 Å². The Bertz CT molecular complexity index is 3180. The molecule has 2 heterocycles. The van der Waals surface area contributed by atoms with Crippen LogP contribution in [0.15, 0.2) is 84.9 Å². The molecule has 4 aromatic carbocycles. The third-order valence-corrected chi connectivity index (χ3v) is 15.8. The number of alkyl carbamates (subject to hydrolysis) is 1. The Hall–Kier alpha value is -8.15. The minimum Gasteiger partial charge on any atom is -0.507 e. The van der Waals surface area contributed by atoms with Gasteiger partial charge in [-0.25, -0.2) is 4.79 Å². The number of imide groups is 1. The normalized spacial score (nSPS) is 21.4. The number of Topliss-reactive ketones (excluding diaryl/α,β-unsaturated/α-hetero) is 2. The van der Waals surface area contributed by atoms with Crippen LogP contribution in [0.4, 0.5) is 10.5 Å². The molecule has 8 rings (SSSR count). The van der Waals surface area contributed by atoms with Crippen LogP contribution in [0.1, 0.15) is 145 Å². The van der Waals surface area contributed by atoms with Crippen LogP contribution in [0, 0.1) is 5.92 Å². The molecule has 84 heavy (non-hydrogen) atoms. The maximum atomic E-state index is 14.1. The number of aliphatic hydroxyl groups is 3. The molecule has 5 amide bonds. The Labute approximate surface area is 484 Å². The number of nitrogens with zero attached hydrogens (tertiary/aromatic N) is 1. The Morgan fingerprint density at radius 1 is 0.833 bits per heavy atom. The van der Waals surface area contributed by atoms with Crippen molar-refractivity contribution in [2.24, 2.45) is 5.92 Å². The average molecular weight is 1160 g/mol. The molecule has 22 nitrogen and oxygen atoms in total. The standard InChI is InChI=1S/C62H70N4O18/c1-4-5-8-16-37(28-43(68)41(27-35-14-9-6-10-15-35)64-47(70)19-11-7-12-26-66-48(71)24-25-49(66)72)60(78)63-38-22-20-36(21-23-38)33-82-61(79)65-42-29-50(83-34(2)55(42)73)84-45-31-62(80,46(69)32-67)30-40-52(45)59(77)54-53(57(40)75)56(74)39-17-13-18-44(81-3)51(39)58(54)76/h6,9-10,13-15,17-18,20-25,34,37,41-42,45,50,55,67,73,75,77,80H,4-5,7-8,11-12,16,19,26-33H2,1-3H3,(H,63,78)(H,64,70)(H,65,79)/t34-,37+,41-,42?,45-,50?,55+,62-/m0/s1. The SMILES string of the molecule is CCCCC[C@H](CC(=O)[C@H](Cc1ccccc1)NC(=O)CCCCCN1C(=O)C=CC1=O)C(=O)Nc1ccc(COC(=O)NC2CC(O[C@H]3C[C@](O)(C(=O)CO)Cc4c(O)c5c(c(O)c43)C(=O)c3c(OC)cccc3C5=O)O[C@@H](C)[C@H]2O)cc1. The van der Waals surface area contributed by atoms with E-state index in [9.17, 15) is 68.7 Å². The number of aromatic hydroxyl groups is 2. The van der Waals surface area contributed by atoms with Gasteiger partial charge in [0.2, 0.25) is 17.6 Å². The number of hydrogen-bond acceptors (Lipinski definition) is 18. The first-order valence-electron chi connectivity index (χ1n) is 28.2. The lowest BCUT2D eigenvalue weighted by molar-refractivity contribution is -0.249. The highest BCUT2D eigenvalue weighted by atomic mass is 16.7. The van der Waals surface area contributed by atoms with Crippen LogP contribution in [-0.4, -0.2) is 140 Å². The van der Waals surface area contributed by atoms with Crippen molar-refractivity contribution in [3.8, 4) is 17.2 Å². The van der Waals surface area contributed by atoms with E-state index in [1.807, 2.05) is 37.3 Å². The van der Waals surface area contributed by atoms with E-state index in [1.165, 1.54) is 44.4 Å². The smallest absolute Gasteiger partial charge is 0.407 e. The number of amides is 5. The highest BCUT2D eigenvalue weighted by Crippen LogP contribution is 2.52. The number of rotatable bonds is 26. The summed E-state index contributed by atoms with van der Waals surface area (Å²) in [5.41, 5.74) is -2.60. The second-order valence-electron chi connectivity index (χ2n) is 21.7. The topological polar surface area (TPSA) is 331 Å². The molecule has 2 unspecified atom stereocenters. The van der Waals surface area contributed by atoms with Crippen LogP contribution < -0.4 is 20.7 Å². The first kappa shape index (κ1) is 61.9. The second kappa shape index (κ2) is 27.5. The molecule has 0 saturated carbocycles. The van der Waals surface area contributed by atoms with E-state index in [1.54, 1.807) is 24.3 Å². The van der Waals surface area contributed by atoms with E-state index in [2.05, 4.69) is 16.0 Å². The minimum atomic E-state index is -2.41. The quantitative estimate of drug-likeness (QED) is 0.0198. The van der Waals surface area contributed by atoms with Crippen LogP contribution in [0.2, 0.25) is 0 Å². The summed E-state index contributed by atoms with van der Waals surface area (Å²) < 4.78 is 23.1. The van der Waals surface area contributed by atoms with Gasteiger partial charge in [-0.15, -0.1) is 0 Å². The van der Waals surface area contributed by atoms with Gasteiger partial charge in [0.15, 0.2) is 23.6 Å². The number of anilines is 1. The fourth-order valence-corrected chi connectivity index (χ4v) is 11.2. The number of aliphatic hydroxyl groups excluding tert-OH is 2. The fourth-order valence-electron chi connectivity index (χ4n) is 11.2. The summed E-state index contributed by atoms with van der Waals surface area (Å²) in [7, 11) is 1.29. The zero-order valence-corrected chi connectivity index (χ0v) is 46.9. The van der Waals surface area contributed by atoms with Gasteiger partial charge in [-0.05, 0) is 61.9 Å². The van der Waals surface area contributed by atoms with Crippen LogP contribution in [0.5, 0.6) is 17.2 Å². The molecule has 22 heteroatoms. The van der Waals surface area contributed by atoms with Crippen LogP contribution in [0.3, 0.4) is 0 Å². The number of ether oxygens (including phenoxy) is 4. The first-order chi connectivity index (χ1) is 40.2. The monoisotopic (exact) mass is 1160 g/mol. The zero-order chi connectivity index (χ0) is 60.4. The highest BCUT2D eigenvalue weighted by Gasteiger charge is 2.50. The molecule has 0 radical (unpaired) electrons. The van der Waals surface area contributed by atoms with E-state index in [0.29, 0.717) is 43.4 Å². The Morgan fingerprint density at radius 2 is 1.55 bits per heavy atom. The summed E-state index contributed by atoms with van der Waals surface area (Å²) in [4.78, 5) is 121. The third-order valence-electron chi connectivity index (χ3n) is 15.8. The predicted molar refractivity (Wildman–Crippen MR) is 300 cm³/mol. The fraction of sp³-hybridized carbons (Fsp3) is 0.435. The summed E-state index contributed by atoms with van der Waals surface area (Å²) in [6.45, 7) is 2.39. The van der Waals surface area contributed by atoms with E-state index in [-0.39, 0.29) is 96.3 Å². The van der Waals surface area contributed by atoms with Gasteiger partial charge in [-0.2, -0.15) is 0 Å². The Morgan fingerprint density at radius 3 is 2.24 bits per heavy atom. The molecule has 1 saturated heterocycles.